The molecule has 0 unspecified atom stereocenters. The number of aromatic nitrogens is 2. The van der Waals surface area contributed by atoms with Gasteiger partial charge in [0.15, 0.2) is 0 Å². The van der Waals surface area contributed by atoms with Crippen molar-refractivity contribution < 1.29 is 14.3 Å². The Hall–Kier alpha value is -3.16. The van der Waals surface area contributed by atoms with E-state index >= 15 is 0 Å². The summed E-state index contributed by atoms with van der Waals surface area (Å²) in [7, 11) is 0. The first-order valence-electron chi connectivity index (χ1n) is 8.50. The van der Waals surface area contributed by atoms with E-state index in [1.165, 1.54) is 12.4 Å². The summed E-state index contributed by atoms with van der Waals surface area (Å²) in [6, 6.07) is 7.52. The molecule has 1 fully saturated rings. The number of nitrogens with one attached hydrogen (secondary N) is 1. The lowest BCUT2D eigenvalue weighted by Gasteiger charge is -2.32. The first-order chi connectivity index (χ1) is 12.7. The van der Waals surface area contributed by atoms with Crippen molar-refractivity contribution in [2.75, 3.05) is 38.1 Å². The highest BCUT2D eigenvalue weighted by Crippen LogP contribution is 2.18. The lowest BCUT2D eigenvalue weighted by Crippen LogP contribution is -2.48. The molecule has 2 heterocycles. The molecule has 1 N–H and O–H groups in total. The molecule has 8 nitrogen and oxygen atoms in total. The molecule has 8 heteroatoms. The molecular formula is C18H21N5O3. The van der Waals surface area contributed by atoms with E-state index in [9.17, 15) is 9.59 Å². The van der Waals surface area contributed by atoms with Gasteiger partial charge in [-0.15, -0.1) is 0 Å². The molecular weight excluding hydrogens is 334 g/mol. The highest BCUT2D eigenvalue weighted by molar-refractivity contribution is 5.92. The van der Waals surface area contributed by atoms with Crippen LogP contribution in [0.5, 0.6) is 5.75 Å². The van der Waals surface area contributed by atoms with Gasteiger partial charge in [-0.25, -0.2) is 9.97 Å². The Bertz CT molecular complexity index is 740. The van der Waals surface area contributed by atoms with E-state index in [1.807, 2.05) is 31.2 Å². The minimum atomic E-state index is -0.171. The number of piperazine rings is 1. The molecule has 1 aliphatic rings. The largest absolute Gasteiger partial charge is 0.494 e. The van der Waals surface area contributed by atoms with Crippen molar-refractivity contribution in [1.29, 1.82) is 0 Å². The molecule has 0 spiro atoms. The van der Waals surface area contributed by atoms with Gasteiger partial charge in [-0.1, -0.05) is 0 Å². The van der Waals surface area contributed by atoms with Crippen LogP contribution in [0.4, 0.5) is 11.5 Å². The Labute approximate surface area is 151 Å². The maximum Gasteiger partial charge on any atom is 0.274 e. The van der Waals surface area contributed by atoms with Crippen LogP contribution in [0, 0.1) is 0 Å². The average molecular weight is 355 g/mol. The van der Waals surface area contributed by atoms with E-state index in [4.69, 9.17) is 4.74 Å². The smallest absolute Gasteiger partial charge is 0.274 e. The van der Waals surface area contributed by atoms with Gasteiger partial charge in [0.1, 0.15) is 17.3 Å². The van der Waals surface area contributed by atoms with Gasteiger partial charge < -0.3 is 19.9 Å². The molecule has 1 aromatic carbocycles. The number of anilines is 2. The molecule has 2 amide bonds. The van der Waals surface area contributed by atoms with Gasteiger partial charge in [-0.3, -0.25) is 9.59 Å². The third-order valence-electron chi connectivity index (χ3n) is 4.06. The fourth-order valence-electron chi connectivity index (χ4n) is 2.64. The molecule has 1 aliphatic heterocycles. The zero-order chi connectivity index (χ0) is 18.4. The van der Waals surface area contributed by atoms with Gasteiger partial charge in [0.25, 0.3) is 5.91 Å². The highest BCUT2D eigenvalue weighted by Gasteiger charge is 2.22. The molecule has 2 aromatic rings. The molecule has 136 valence electrons. The SMILES string of the molecule is CCOc1ccc(Nc2cnc(C(=O)N3CCN(C=O)CC3)cn2)cc1. The Balaban J connectivity index is 1.59. The van der Waals surface area contributed by atoms with Crippen LogP contribution < -0.4 is 10.1 Å². The molecule has 1 saturated heterocycles. The predicted molar refractivity (Wildman–Crippen MR) is 96.5 cm³/mol. The van der Waals surface area contributed by atoms with Crippen molar-refractivity contribution in [2.24, 2.45) is 0 Å². The van der Waals surface area contributed by atoms with Crippen LogP contribution in [0.1, 0.15) is 17.4 Å². The zero-order valence-electron chi connectivity index (χ0n) is 14.6. The van der Waals surface area contributed by atoms with Crippen molar-refractivity contribution in [1.82, 2.24) is 19.8 Å². The quantitative estimate of drug-likeness (QED) is 0.791. The van der Waals surface area contributed by atoms with E-state index in [0.29, 0.717) is 44.3 Å². The molecule has 26 heavy (non-hydrogen) atoms. The molecule has 1 aromatic heterocycles. The lowest BCUT2D eigenvalue weighted by molar-refractivity contribution is -0.119. The summed E-state index contributed by atoms with van der Waals surface area (Å²) in [5.74, 6) is 1.19. The van der Waals surface area contributed by atoms with Crippen molar-refractivity contribution in [3.05, 3.63) is 42.4 Å². The topological polar surface area (TPSA) is 87.7 Å². The fraction of sp³-hybridized carbons (Fsp3) is 0.333. The standard InChI is InChI=1S/C18H21N5O3/c1-2-26-15-5-3-14(4-6-15)21-17-12-19-16(11-20-17)18(25)23-9-7-22(13-24)8-10-23/h3-6,11-13H,2,7-10H2,1H3,(H,20,21). The van der Waals surface area contributed by atoms with E-state index in [1.54, 1.807) is 9.80 Å². The lowest BCUT2D eigenvalue weighted by atomic mass is 10.3. The number of hydrogen-bond acceptors (Lipinski definition) is 6. The zero-order valence-corrected chi connectivity index (χ0v) is 14.6. The van der Waals surface area contributed by atoms with Crippen LogP contribution in [0.3, 0.4) is 0 Å². The molecule has 0 bridgehead atoms. The number of benzene rings is 1. The monoisotopic (exact) mass is 355 g/mol. The number of hydrogen-bond donors (Lipinski definition) is 1. The van der Waals surface area contributed by atoms with Gasteiger partial charge >= 0.3 is 0 Å². The summed E-state index contributed by atoms with van der Waals surface area (Å²) in [5, 5.41) is 3.13. The van der Waals surface area contributed by atoms with Gasteiger partial charge in [0.2, 0.25) is 6.41 Å². The summed E-state index contributed by atoms with van der Waals surface area (Å²) in [6.45, 7) is 4.65. The van der Waals surface area contributed by atoms with Crippen LogP contribution in [-0.4, -0.2) is 64.9 Å². The average Bonchev–Trinajstić information content (AvgIpc) is 2.70. The third-order valence-corrected chi connectivity index (χ3v) is 4.06. The minimum Gasteiger partial charge on any atom is -0.494 e. The second kappa shape index (κ2) is 8.28. The minimum absolute atomic E-state index is 0.171. The number of amides is 2. The maximum absolute atomic E-state index is 12.4. The summed E-state index contributed by atoms with van der Waals surface area (Å²) in [4.78, 5) is 35.0. The van der Waals surface area contributed by atoms with Crippen LogP contribution in [0.15, 0.2) is 36.7 Å². The van der Waals surface area contributed by atoms with Crippen LogP contribution in [-0.2, 0) is 4.79 Å². The third kappa shape index (κ3) is 4.27. The summed E-state index contributed by atoms with van der Waals surface area (Å²) < 4.78 is 5.40. The Morgan fingerprint density at radius 2 is 1.88 bits per heavy atom. The first-order valence-corrected chi connectivity index (χ1v) is 8.50. The van der Waals surface area contributed by atoms with Crippen LogP contribution in [0.25, 0.3) is 0 Å². The van der Waals surface area contributed by atoms with Gasteiger partial charge in [0.05, 0.1) is 19.0 Å². The number of carbonyl (C=O) groups excluding carboxylic acids is 2. The van der Waals surface area contributed by atoms with Gasteiger partial charge in [-0.05, 0) is 31.2 Å². The van der Waals surface area contributed by atoms with Crippen molar-refractivity contribution in [3.63, 3.8) is 0 Å². The van der Waals surface area contributed by atoms with E-state index in [0.717, 1.165) is 17.8 Å². The second-order valence-corrected chi connectivity index (χ2v) is 5.80. The van der Waals surface area contributed by atoms with E-state index < -0.39 is 0 Å². The first kappa shape index (κ1) is 17.7. The molecule has 0 saturated carbocycles. The van der Waals surface area contributed by atoms with E-state index in [-0.39, 0.29) is 5.91 Å². The normalized spacial score (nSPS) is 14.0. The van der Waals surface area contributed by atoms with Crippen LogP contribution in [0.2, 0.25) is 0 Å². The van der Waals surface area contributed by atoms with Crippen LogP contribution >= 0.6 is 0 Å². The number of carbonyl (C=O) groups is 2. The maximum atomic E-state index is 12.4. The van der Waals surface area contributed by atoms with Crippen molar-refractivity contribution in [3.8, 4) is 5.75 Å². The molecule has 0 aliphatic carbocycles. The van der Waals surface area contributed by atoms with Crippen molar-refractivity contribution >= 4 is 23.8 Å². The van der Waals surface area contributed by atoms with Crippen molar-refractivity contribution in [2.45, 2.75) is 6.92 Å². The number of ether oxygens (including phenoxy) is 1. The van der Waals surface area contributed by atoms with Gasteiger partial charge in [0, 0.05) is 31.9 Å². The molecule has 0 radical (unpaired) electrons. The Morgan fingerprint density at radius 1 is 1.15 bits per heavy atom. The summed E-state index contributed by atoms with van der Waals surface area (Å²) in [5.41, 5.74) is 1.15. The summed E-state index contributed by atoms with van der Waals surface area (Å²) >= 11 is 0. The second-order valence-electron chi connectivity index (χ2n) is 5.80. The number of rotatable bonds is 6. The Kier molecular flexibility index (Phi) is 5.62. The fourth-order valence-corrected chi connectivity index (χ4v) is 2.64. The van der Waals surface area contributed by atoms with Gasteiger partial charge in [-0.2, -0.15) is 0 Å². The Morgan fingerprint density at radius 3 is 2.46 bits per heavy atom. The number of nitrogens with zero attached hydrogens (tertiary/aromatic N) is 4. The molecule has 3 rings (SSSR count). The molecule has 0 atom stereocenters. The predicted octanol–water partition coefficient (Wildman–Crippen LogP) is 1.53. The van der Waals surface area contributed by atoms with E-state index in [2.05, 4.69) is 15.3 Å². The summed E-state index contributed by atoms with van der Waals surface area (Å²) in [6.07, 6.45) is 3.81. The highest BCUT2D eigenvalue weighted by atomic mass is 16.5.